The van der Waals surface area contributed by atoms with Crippen LogP contribution in [0.2, 0.25) is 5.02 Å². The summed E-state index contributed by atoms with van der Waals surface area (Å²) in [6, 6.07) is 14.6. The highest BCUT2D eigenvalue weighted by atomic mass is 79.9. The van der Waals surface area contributed by atoms with Gasteiger partial charge in [0, 0.05) is 4.47 Å². The summed E-state index contributed by atoms with van der Waals surface area (Å²) in [5.74, 6) is 0.676. The minimum Gasteiger partial charge on any atom is -0.495 e. The molecule has 2 aromatic rings. The summed E-state index contributed by atoms with van der Waals surface area (Å²) in [5.41, 5.74) is 2.11. The van der Waals surface area contributed by atoms with Crippen molar-refractivity contribution in [2.75, 3.05) is 7.11 Å². The van der Waals surface area contributed by atoms with Crippen LogP contribution in [0.3, 0.4) is 0 Å². The summed E-state index contributed by atoms with van der Waals surface area (Å²) in [5, 5.41) is 0.613. The van der Waals surface area contributed by atoms with Gasteiger partial charge in [-0.2, -0.15) is 0 Å². The van der Waals surface area contributed by atoms with Crippen molar-refractivity contribution in [3.63, 3.8) is 0 Å². The van der Waals surface area contributed by atoms with Crippen LogP contribution in [-0.4, -0.2) is 7.11 Å². The molecule has 3 heteroatoms. The van der Waals surface area contributed by atoms with Gasteiger partial charge < -0.3 is 4.74 Å². The van der Waals surface area contributed by atoms with Crippen molar-refractivity contribution in [1.29, 1.82) is 0 Å². The molecule has 1 radical (unpaired) electrons. The lowest BCUT2D eigenvalue weighted by Crippen LogP contribution is -1.86. The average molecular weight is 297 g/mol. The Kier molecular flexibility index (Phi) is 3.52. The lowest BCUT2D eigenvalue weighted by Gasteiger charge is -2.08. The van der Waals surface area contributed by atoms with Gasteiger partial charge in [-0.3, -0.25) is 0 Å². The van der Waals surface area contributed by atoms with E-state index in [-0.39, 0.29) is 0 Å². The topological polar surface area (TPSA) is 9.23 Å². The molecule has 0 aromatic heterocycles. The fourth-order valence-corrected chi connectivity index (χ4v) is 2.15. The summed E-state index contributed by atoms with van der Waals surface area (Å²) >= 11 is 9.45. The van der Waals surface area contributed by atoms with E-state index in [1.54, 1.807) is 7.11 Å². The van der Waals surface area contributed by atoms with E-state index in [0.29, 0.717) is 10.8 Å². The second kappa shape index (κ2) is 4.89. The minimum absolute atomic E-state index is 0.613. The third-order valence-electron chi connectivity index (χ3n) is 2.27. The predicted octanol–water partition coefficient (Wildman–Crippen LogP) is 4.58. The molecule has 16 heavy (non-hydrogen) atoms. The molecule has 0 unspecified atom stereocenters. The van der Waals surface area contributed by atoms with Crippen molar-refractivity contribution >= 4 is 27.5 Å². The number of rotatable bonds is 2. The van der Waals surface area contributed by atoms with Crippen LogP contribution in [0.4, 0.5) is 0 Å². The Balaban J connectivity index is 2.53. The van der Waals surface area contributed by atoms with Gasteiger partial charge in [0.1, 0.15) is 5.75 Å². The molecule has 0 fully saturated rings. The van der Waals surface area contributed by atoms with Crippen LogP contribution in [0.1, 0.15) is 0 Å². The van der Waals surface area contributed by atoms with E-state index < -0.39 is 0 Å². The maximum Gasteiger partial charge on any atom is 0.138 e. The molecule has 0 saturated heterocycles. The van der Waals surface area contributed by atoms with Crippen LogP contribution in [0.5, 0.6) is 5.75 Å². The Hall–Kier alpha value is -0.990. The molecular weight excluding hydrogens is 287 g/mol. The van der Waals surface area contributed by atoms with E-state index in [2.05, 4.69) is 22.0 Å². The maximum atomic E-state index is 5.98. The van der Waals surface area contributed by atoms with Crippen LogP contribution >= 0.6 is 27.5 Å². The lowest BCUT2D eigenvalue weighted by molar-refractivity contribution is 0.415. The molecule has 2 aromatic carbocycles. The molecule has 0 amide bonds. The lowest BCUT2D eigenvalue weighted by atomic mass is 10.1. The van der Waals surface area contributed by atoms with Crippen LogP contribution in [0.25, 0.3) is 11.1 Å². The summed E-state index contributed by atoms with van der Waals surface area (Å²) in [6.07, 6.45) is 0. The van der Waals surface area contributed by atoms with Gasteiger partial charge in [0.25, 0.3) is 0 Å². The van der Waals surface area contributed by atoms with Gasteiger partial charge in [-0.1, -0.05) is 35.9 Å². The molecule has 0 aliphatic heterocycles. The molecule has 81 valence electrons. The second-order valence-electron chi connectivity index (χ2n) is 3.25. The molecule has 0 N–H and O–H groups in total. The number of hydrogen-bond acceptors (Lipinski definition) is 1. The van der Waals surface area contributed by atoms with E-state index in [1.807, 2.05) is 36.4 Å². The Bertz CT molecular complexity index is 511. The monoisotopic (exact) mass is 295 g/mol. The van der Waals surface area contributed by atoms with Crippen molar-refractivity contribution < 1.29 is 4.74 Å². The van der Waals surface area contributed by atoms with Gasteiger partial charge in [-0.05, 0) is 45.3 Å². The smallest absolute Gasteiger partial charge is 0.138 e. The normalized spacial score (nSPS) is 10.2. The molecule has 0 heterocycles. The van der Waals surface area contributed by atoms with Gasteiger partial charge >= 0.3 is 0 Å². The SMILES string of the molecule is COc1cc(-c2ccc[c]c2Br)ccc1Cl. The zero-order valence-corrected chi connectivity index (χ0v) is 11.0. The van der Waals surface area contributed by atoms with Crippen LogP contribution in [0, 0.1) is 6.07 Å². The number of halogens is 2. The first-order valence-corrected chi connectivity index (χ1v) is 5.89. The van der Waals surface area contributed by atoms with Crippen LogP contribution < -0.4 is 4.74 Å². The second-order valence-corrected chi connectivity index (χ2v) is 4.45. The Morgan fingerprint density at radius 3 is 2.81 bits per heavy atom. The van der Waals surface area contributed by atoms with E-state index in [0.717, 1.165) is 15.6 Å². The van der Waals surface area contributed by atoms with Crippen LogP contribution in [0.15, 0.2) is 40.9 Å². The van der Waals surface area contributed by atoms with Gasteiger partial charge in [0.15, 0.2) is 0 Å². The number of ether oxygens (including phenoxy) is 1. The zero-order chi connectivity index (χ0) is 11.5. The quantitative estimate of drug-likeness (QED) is 0.788. The molecule has 0 atom stereocenters. The van der Waals surface area contributed by atoms with Crippen molar-refractivity contribution in [2.45, 2.75) is 0 Å². The largest absolute Gasteiger partial charge is 0.495 e. The molecule has 0 aliphatic rings. The van der Waals surface area contributed by atoms with Crippen molar-refractivity contribution in [3.05, 3.63) is 52.0 Å². The highest BCUT2D eigenvalue weighted by molar-refractivity contribution is 9.10. The van der Waals surface area contributed by atoms with Crippen molar-refractivity contribution in [3.8, 4) is 16.9 Å². The summed E-state index contributed by atoms with van der Waals surface area (Å²) in [4.78, 5) is 0. The Labute approximate surface area is 108 Å². The Morgan fingerprint density at radius 1 is 1.31 bits per heavy atom. The fraction of sp³-hybridized carbons (Fsp3) is 0.0769. The molecular formula is C13H9BrClO. The van der Waals surface area contributed by atoms with Crippen LogP contribution in [-0.2, 0) is 0 Å². The molecule has 0 saturated carbocycles. The van der Waals surface area contributed by atoms with E-state index in [4.69, 9.17) is 16.3 Å². The Morgan fingerprint density at radius 2 is 2.12 bits per heavy atom. The molecule has 0 bridgehead atoms. The third-order valence-corrected chi connectivity index (χ3v) is 3.24. The van der Waals surface area contributed by atoms with Crippen molar-refractivity contribution in [1.82, 2.24) is 0 Å². The maximum absolute atomic E-state index is 5.98. The first-order chi connectivity index (χ1) is 7.72. The molecule has 0 aliphatic carbocycles. The highest BCUT2D eigenvalue weighted by Gasteiger charge is 2.06. The van der Waals surface area contributed by atoms with Crippen molar-refractivity contribution in [2.24, 2.45) is 0 Å². The standard InChI is InChI=1S/C13H9BrClO/c1-16-13-8-9(6-7-12(13)15)10-4-2-3-5-11(10)14/h2-4,6-8H,1H3. The highest BCUT2D eigenvalue weighted by Crippen LogP contribution is 2.33. The van der Waals surface area contributed by atoms with E-state index in [9.17, 15) is 0 Å². The summed E-state index contributed by atoms with van der Waals surface area (Å²) in [7, 11) is 1.61. The fourth-order valence-electron chi connectivity index (χ4n) is 1.47. The molecule has 2 rings (SSSR count). The molecule has 0 spiro atoms. The van der Waals surface area contributed by atoms with E-state index in [1.165, 1.54) is 0 Å². The minimum atomic E-state index is 0.613. The van der Waals surface area contributed by atoms with Gasteiger partial charge in [-0.15, -0.1) is 0 Å². The number of benzene rings is 2. The number of hydrogen-bond donors (Lipinski definition) is 0. The predicted molar refractivity (Wildman–Crippen MR) is 70.0 cm³/mol. The average Bonchev–Trinajstić information content (AvgIpc) is 2.31. The number of methoxy groups -OCH3 is 1. The third kappa shape index (κ3) is 2.23. The van der Waals surface area contributed by atoms with Gasteiger partial charge in [0.2, 0.25) is 0 Å². The van der Waals surface area contributed by atoms with Gasteiger partial charge in [0.05, 0.1) is 12.1 Å². The first kappa shape index (κ1) is 11.5. The zero-order valence-electron chi connectivity index (χ0n) is 8.63. The summed E-state index contributed by atoms with van der Waals surface area (Å²) in [6.45, 7) is 0. The molecule has 1 nitrogen and oxygen atoms in total. The summed E-state index contributed by atoms with van der Waals surface area (Å²) < 4.78 is 6.12. The van der Waals surface area contributed by atoms with Gasteiger partial charge in [-0.25, -0.2) is 0 Å². The van der Waals surface area contributed by atoms with E-state index >= 15 is 0 Å². The first-order valence-electron chi connectivity index (χ1n) is 4.72.